The molecule has 0 spiro atoms. The van der Waals surface area contributed by atoms with Gasteiger partial charge in [0.25, 0.3) is 5.56 Å². The van der Waals surface area contributed by atoms with E-state index in [2.05, 4.69) is 9.97 Å². The second kappa shape index (κ2) is 10.7. The van der Waals surface area contributed by atoms with E-state index in [1.54, 1.807) is 25.7 Å². The highest BCUT2D eigenvalue weighted by Gasteiger charge is 2.31. The third-order valence-corrected chi connectivity index (χ3v) is 6.94. The summed E-state index contributed by atoms with van der Waals surface area (Å²) in [4.78, 5) is 61.6. The number of carbonyl (C=O) groups is 2. The molecular weight excluding hydrogens is 458 g/mol. The van der Waals surface area contributed by atoms with E-state index in [9.17, 15) is 19.2 Å². The van der Waals surface area contributed by atoms with Gasteiger partial charge in [-0.3, -0.25) is 23.5 Å². The Morgan fingerprint density at radius 2 is 1.79 bits per heavy atom. The molecule has 3 heterocycles. The molecule has 3 rings (SSSR count). The molecule has 0 N–H and O–H groups in total. The second-order valence-corrected chi connectivity index (χ2v) is 10.4. The van der Waals surface area contributed by atoms with Crippen molar-refractivity contribution in [2.24, 2.45) is 18.9 Å². The van der Waals surface area contributed by atoms with Gasteiger partial charge in [0, 0.05) is 26.7 Å². The molecule has 1 aliphatic rings. The molecule has 0 aliphatic carbocycles. The maximum Gasteiger partial charge on any atom is 0.332 e. The average molecular weight is 492 g/mol. The summed E-state index contributed by atoms with van der Waals surface area (Å²) in [6.07, 6.45) is 1.14. The third kappa shape index (κ3) is 5.34. The SMILES string of the molecule is CCOC(=O)C1CCN(C(=O)[C@H](C)Sc2nc(C)nc3c2c(=O)n(C)c(=O)n3CC(C)C)CC1. The van der Waals surface area contributed by atoms with Gasteiger partial charge >= 0.3 is 11.7 Å². The number of aromatic nitrogens is 4. The maximum atomic E-state index is 13.2. The number of hydrogen-bond acceptors (Lipinski definition) is 8. The fourth-order valence-corrected chi connectivity index (χ4v) is 5.19. The van der Waals surface area contributed by atoms with Gasteiger partial charge < -0.3 is 9.64 Å². The van der Waals surface area contributed by atoms with Crippen molar-refractivity contribution in [3.8, 4) is 0 Å². The largest absolute Gasteiger partial charge is 0.466 e. The molecule has 2 aromatic rings. The second-order valence-electron chi connectivity index (χ2n) is 9.04. The predicted octanol–water partition coefficient (Wildman–Crippen LogP) is 1.74. The van der Waals surface area contributed by atoms with Crippen molar-refractivity contribution in [1.29, 1.82) is 0 Å². The number of rotatable bonds is 7. The van der Waals surface area contributed by atoms with Crippen LogP contribution in [0.4, 0.5) is 0 Å². The fourth-order valence-electron chi connectivity index (χ4n) is 4.13. The van der Waals surface area contributed by atoms with Crippen LogP contribution in [0.25, 0.3) is 11.0 Å². The minimum atomic E-state index is -0.508. The van der Waals surface area contributed by atoms with E-state index in [1.807, 2.05) is 13.8 Å². The summed E-state index contributed by atoms with van der Waals surface area (Å²) in [7, 11) is 1.44. The highest BCUT2D eigenvalue weighted by molar-refractivity contribution is 8.00. The number of amides is 1. The van der Waals surface area contributed by atoms with Gasteiger partial charge in [0.05, 0.1) is 17.8 Å². The van der Waals surface area contributed by atoms with Crippen molar-refractivity contribution >= 4 is 34.7 Å². The molecule has 1 aliphatic heterocycles. The molecule has 1 saturated heterocycles. The zero-order chi connectivity index (χ0) is 25.2. The van der Waals surface area contributed by atoms with Crippen LogP contribution >= 0.6 is 11.8 Å². The normalized spacial score (nSPS) is 15.7. The summed E-state index contributed by atoms with van der Waals surface area (Å²) in [6.45, 7) is 11.0. The number of esters is 1. The van der Waals surface area contributed by atoms with E-state index in [0.29, 0.717) is 55.6 Å². The lowest BCUT2D eigenvalue weighted by atomic mass is 9.97. The standard InChI is InChI=1S/C23H33N5O5S/c1-7-33-22(31)16-8-10-27(11-9-16)20(29)14(4)34-19-17-18(24-15(5)25-19)28(12-13(2)3)23(32)26(6)21(17)30/h13-14,16H,7-12H2,1-6H3/t14-/m0/s1. The lowest BCUT2D eigenvalue weighted by Crippen LogP contribution is -2.43. The highest BCUT2D eigenvalue weighted by atomic mass is 32.2. The van der Waals surface area contributed by atoms with Crippen LogP contribution in [0.3, 0.4) is 0 Å². The molecule has 11 heteroatoms. The van der Waals surface area contributed by atoms with Crippen molar-refractivity contribution in [1.82, 2.24) is 24.0 Å². The number of ether oxygens (including phenoxy) is 1. The van der Waals surface area contributed by atoms with Gasteiger partial charge in [0.15, 0.2) is 5.65 Å². The van der Waals surface area contributed by atoms with E-state index in [1.165, 1.54) is 23.4 Å². The summed E-state index contributed by atoms with van der Waals surface area (Å²) in [5.41, 5.74) is -0.599. The van der Waals surface area contributed by atoms with E-state index in [-0.39, 0.29) is 29.1 Å². The quantitative estimate of drug-likeness (QED) is 0.327. The summed E-state index contributed by atoms with van der Waals surface area (Å²) in [6, 6.07) is 0. The molecule has 0 unspecified atom stereocenters. The van der Waals surface area contributed by atoms with Crippen LogP contribution in [0.2, 0.25) is 0 Å². The van der Waals surface area contributed by atoms with Crippen molar-refractivity contribution in [3.63, 3.8) is 0 Å². The van der Waals surface area contributed by atoms with Gasteiger partial charge in [0.1, 0.15) is 16.2 Å². The van der Waals surface area contributed by atoms with Gasteiger partial charge in [-0.2, -0.15) is 0 Å². The Morgan fingerprint density at radius 3 is 2.38 bits per heavy atom. The Balaban J connectivity index is 1.88. The topological polar surface area (TPSA) is 116 Å². The molecule has 1 amide bonds. The van der Waals surface area contributed by atoms with Crippen molar-refractivity contribution < 1.29 is 14.3 Å². The summed E-state index contributed by atoms with van der Waals surface area (Å²) in [5, 5.41) is 0.133. The smallest absolute Gasteiger partial charge is 0.332 e. The molecule has 2 aromatic heterocycles. The zero-order valence-corrected chi connectivity index (χ0v) is 21.5. The first kappa shape index (κ1) is 25.9. The number of likely N-dealkylation sites (tertiary alicyclic amines) is 1. The Kier molecular flexibility index (Phi) is 8.17. The predicted molar refractivity (Wildman–Crippen MR) is 130 cm³/mol. The first-order valence-corrected chi connectivity index (χ1v) is 12.5. The first-order chi connectivity index (χ1) is 16.0. The van der Waals surface area contributed by atoms with Crippen molar-refractivity contribution in [2.45, 2.75) is 64.3 Å². The first-order valence-electron chi connectivity index (χ1n) is 11.6. The molecule has 0 saturated carbocycles. The Hall–Kier alpha value is -2.69. The Morgan fingerprint density at radius 1 is 1.15 bits per heavy atom. The molecule has 0 aromatic carbocycles. The maximum absolute atomic E-state index is 13.2. The molecule has 34 heavy (non-hydrogen) atoms. The summed E-state index contributed by atoms with van der Waals surface area (Å²) < 4.78 is 7.68. The van der Waals surface area contributed by atoms with Gasteiger partial charge in [0.2, 0.25) is 5.91 Å². The third-order valence-electron chi connectivity index (χ3n) is 5.87. The van der Waals surface area contributed by atoms with Gasteiger partial charge in [-0.15, -0.1) is 0 Å². The van der Waals surface area contributed by atoms with Crippen LogP contribution in [0.15, 0.2) is 14.6 Å². The molecule has 10 nitrogen and oxygen atoms in total. The monoisotopic (exact) mass is 491 g/mol. The average Bonchev–Trinajstić information content (AvgIpc) is 2.79. The van der Waals surface area contributed by atoms with Gasteiger partial charge in [-0.25, -0.2) is 14.8 Å². The number of piperidine rings is 1. The summed E-state index contributed by atoms with van der Waals surface area (Å²) in [5.74, 6) is 0.131. The van der Waals surface area contributed by atoms with E-state index in [4.69, 9.17) is 4.74 Å². The molecule has 1 fully saturated rings. The number of carbonyl (C=O) groups excluding carboxylic acids is 2. The zero-order valence-electron chi connectivity index (χ0n) is 20.7. The van der Waals surface area contributed by atoms with Crippen LogP contribution in [-0.4, -0.2) is 60.8 Å². The van der Waals surface area contributed by atoms with Crippen LogP contribution in [0, 0.1) is 18.8 Å². The van der Waals surface area contributed by atoms with Gasteiger partial charge in [-0.05, 0) is 39.5 Å². The van der Waals surface area contributed by atoms with Crippen molar-refractivity contribution in [3.05, 3.63) is 26.7 Å². The molecule has 0 radical (unpaired) electrons. The Labute approximate surface area is 202 Å². The number of thioether (sulfide) groups is 1. The number of nitrogens with zero attached hydrogens (tertiary/aromatic N) is 5. The van der Waals surface area contributed by atoms with Gasteiger partial charge in [-0.1, -0.05) is 25.6 Å². The molecular formula is C23H33N5O5S. The molecule has 1 atom stereocenters. The minimum Gasteiger partial charge on any atom is -0.466 e. The van der Waals surface area contributed by atoms with Crippen LogP contribution in [0.5, 0.6) is 0 Å². The molecule has 0 bridgehead atoms. The highest BCUT2D eigenvalue weighted by Crippen LogP contribution is 2.29. The van der Waals surface area contributed by atoms with Crippen molar-refractivity contribution in [2.75, 3.05) is 19.7 Å². The lowest BCUT2D eigenvalue weighted by molar-refractivity contribution is -0.151. The van der Waals surface area contributed by atoms with E-state index < -0.39 is 16.5 Å². The van der Waals surface area contributed by atoms with Crippen LogP contribution in [0.1, 0.15) is 46.4 Å². The molecule has 186 valence electrons. The number of aryl methyl sites for hydroxylation is 1. The summed E-state index contributed by atoms with van der Waals surface area (Å²) >= 11 is 1.20. The fraction of sp³-hybridized carbons (Fsp3) is 0.652. The Bertz CT molecular complexity index is 1200. The number of fused-ring (bicyclic) bond motifs is 1. The minimum absolute atomic E-state index is 0.0796. The van der Waals surface area contributed by atoms with Crippen LogP contribution in [-0.2, 0) is 27.9 Å². The van der Waals surface area contributed by atoms with Crippen LogP contribution < -0.4 is 11.2 Å². The number of hydrogen-bond donors (Lipinski definition) is 0. The van der Waals surface area contributed by atoms with E-state index >= 15 is 0 Å². The van der Waals surface area contributed by atoms with E-state index in [0.717, 1.165) is 4.57 Å². The lowest BCUT2D eigenvalue weighted by Gasteiger charge is -2.32.